The minimum Gasteiger partial charge on any atom is -0.461 e. The molecule has 0 bridgehead atoms. The largest absolute Gasteiger partial charge is 0.461 e. The number of likely N-dealkylation sites (N-methyl/N-ethyl adjacent to an activating group) is 1. The Morgan fingerprint density at radius 1 is 1.05 bits per heavy atom. The molecule has 3 aliphatic rings. The second-order valence-corrected chi connectivity index (χ2v) is 10.8. The van der Waals surface area contributed by atoms with Crippen molar-refractivity contribution < 1.29 is 9.47 Å². The van der Waals surface area contributed by atoms with Gasteiger partial charge in [-0.05, 0) is 43.7 Å². The van der Waals surface area contributed by atoms with Crippen LogP contribution in [-0.4, -0.2) is 74.0 Å². The molecule has 8 nitrogen and oxygen atoms in total. The van der Waals surface area contributed by atoms with E-state index in [1.807, 2.05) is 0 Å². The number of aromatic nitrogens is 2. The molecule has 3 aliphatic heterocycles. The first-order valence-electron chi connectivity index (χ1n) is 13.9. The van der Waals surface area contributed by atoms with Crippen molar-refractivity contribution in [2.45, 2.75) is 38.3 Å². The highest BCUT2D eigenvalue weighted by Gasteiger charge is 2.29. The average molecular weight is 513 g/mol. The normalized spacial score (nSPS) is 22.2. The van der Waals surface area contributed by atoms with Gasteiger partial charge in [-0.25, -0.2) is 0 Å². The number of nitrogens with zero attached hydrogens (tertiary/aromatic N) is 6. The Labute approximate surface area is 224 Å². The fraction of sp³-hybridized carbons (Fsp3) is 0.500. The van der Waals surface area contributed by atoms with Crippen LogP contribution in [0, 0.1) is 17.2 Å². The van der Waals surface area contributed by atoms with Gasteiger partial charge in [0.1, 0.15) is 18.5 Å². The highest BCUT2D eigenvalue weighted by molar-refractivity contribution is 5.94. The number of morpholine rings is 1. The van der Waals surface area contributed by atoms with Crippen molar-refractivity contribution in [3.05, 3.63) is 53.7 Å². The molecule has 2 atom stereocenters. The number of anilines is 2. The molecule has 198 valence electrons. The number of nitriles is 1. The molecule has 3 aromatic rings. The van der Waals surface area contributed by atoms with E-state index in [0.717, 1.165) is 70.1 Å². The molecular formula is C30H36N6O2. The Bertz CT molecular complexity index is 1320. The maximum Gasteiger partial charge on any atom is 0.318 e. The molecule has 2 saturated heterocycles. The van der Waals surface area contributed by atoms with Gasteiger partial charge in [0.25, 0.3) is 0 Å². The predicted molar refractivity (Wildman–Crippen MR) is 149 cm³/mol. The maximum absolute atomic E-state index is 9.30. The molecule has 2 fully saturated rings. The van der Waals surface area contributed by atoms with E-state index in [9.17, 15) is 5.26 Å². The molecule has 0 radical (unpaired) electrons. The molecule has 0 amide bonds. The van der Waals surface area contributed by atoms with Crippen molar-refractivity contribution in [1.29, 1.82) is 5.26 Å². The highest BCUT2D eigenvalue weighted by atomic mass is 16.5. The Balaban J connectivity index is 1.30. The van der Waals surface area contributed by atoms with Gasteiger partial charge in [0.2, 0.25) is 0 Å². The van der Waals surface area contributed by atoms with Crippen LogP contribution < -0.4 is 14.5 Å². The van der Waals surface area contributed by atoms with Gasteiger partial charge in [0, 0.05) is 55.8 Å². The fourth-order valence-corrected chi connectivity index (χ4v) is 6.09. The molecule has 1 unspecified atom stereocenters. The third-order valence-electron chi connectivity index (χ3n) is 8.07. The van der Waals surface area contributed by atoms with Crippen LogP contribution in [0.3, 0.4) is 0 Å². The van der Waals surface area contributed by atoms with Crippen molar-refractivity contribution in [3.63, 3.8) is 0 Å². The topological polar surface area (TPSA) is 77.8 Å². The lowest BCUT2D eigenvalue weighted by Crippen LogP contribution is -2.43. The first kappa shape index (κ1) is 24.9. The number of ether oxygens (including phenoxy) is 2. The van der Waals surface area contributed by atoms with Crippen LogP contribution in [0.4, 0.5) is 11.5 Å². The summed E-state index contributed by atoms with van der Waals surface area (Å²) in [6, 6.07) is 17.9. The van der Waals surface area contributed by atoms with Gasteiger partial charge in [-0.1, -0.05) is 36.4 Å². The van der Waals surface area contributed by atoms with Crippen molar-refractivity contribution in [2.24, 2.45) is 5.92 Å². The van der Waals surface area contributed by atoms with E-state index in [1.165, 1.54) is 22.0 Å². The standard InChI is InChI=1S/C30H36N6O2/c1-34-16-17-37-24(19-34)21-38-30-32-27-20-35(28-10-4-8-23-7-2-3-9-25(23)28)15-12-26(27)29(33-30)36-14-5-6-22(18-36)11-13-31/h2-4,7-10,22,24H,5-6,11-12,14-21H2,1H3/t22?,24-/m0/s1. The second kappa shape index (κ2) is 11.1. The Kier molecular flexibility index (Phi) is 7.30. The molecule has 8 heteroatoms. The van der Waals surface area contributed by atoms with Crippen molar-refractivity contribution in [1.82, 2.24) is 14.9 Å². The maximum atomic E-state index is 9.30. The Morgan fingerprint density at radius 2 is 1.95 bits per heavy atom. The lowest BCUT2D eigenvalue weighted by molar-refractivity contribution is -0.0417. The summed E-state index contributed by atoms with van der Waals surface area (Å²) in [5.74, 6) is 1.37. The van der Waals surface area contributed by atoms with Crippen molar-refractivity contribution >= 4 is 22.3 Å². The predicted octanol–water partition coefficient (Wildman–Crippen LogP) is 4.03. The first-order valence-corrected chi connectivity index (χ1v) is 13.9. The van der Waals surface area contributed by atoms with Crippen molar-refractivity contribution in [3.8, 4) is 12.1 Å². The van der Waals surface area contributed by atoms with Gasteiger partial charge in [0.15, 0.2) is 0 Å². The molecule has 2 aromatic carbocycles. The van der Waals surface area contributed by atoms with E-state index in [0.29, 0.717) is 31.5 Å². The SMILES string of the molecule is CN1CCO[C@H](COc2nc3c(c(N4CCCC(CC#N)C4)n2)CCN(c2cccc4ccccc24)C3)C1. The van der Waals surface area contributed by atoms with Gasteiger partial charge in [0.05, 0.1) is 24.9 Å². The summed E-state index contributed by atoms with van der Waals surface area (Å²) >= 11 is 0. The van der Waals surface area contributed by atoms with Gasteiger partial charge in [-0.3, -0.25) is 0 Å². The lowest BCUT2D eigenvalue weighted by Gasteiger charge is -2.37. The van der Waals surface area contributed by atoms with E-state index >= 15 is 0 Å². The van der Waals surface area contributed by atoms with Crippen molar-refractivity contribution in [2.75, 3.05) is 62.8 Å². The monoisotopic (exact) mass is 512 g/mol. The number of fused-ring (bicyclic) bond motifs is 2. The summed E-state index contributed by atoms with van der Waals surface area (Å²) in [7, 11) is 2.11. The van der Waals surface area contributed by atoms with Crippen LogP contribution in [0.15, 0.2) is 42.5 Å². The third kappa shape index (κ3) is 5.27. The minimum absolute atomic E-state index is 0.0130. The zero-order valence-corrected chi connectivity index (χ0v) is 22.2. The van der Waals surface area contributed by atoms with E-state index in [1.54, 1.807) is 0 Å². The quantitative estimate of drug-likeness (QED) is 0.490. The molecule has 0 aliphatic carbocycles. The lowest BCUT2D eigenvalue weighted by atomic mass is 9.94. The van der Waals surface area contributed by atoms with Crippen LogP contribution in [0.25, 0.3) is 10.8 Å². The Morgan fingerprint density at radius 3 is 2.84 bits per heavy atom. The summed E-state index contributed by atoms with van der Waals surface area (Å²) in [4.78, 5) is 17.0. The number of hydrogen-bond donors (Lipinski definition) is 0. The summed E-state index contributed by atoms with van der Waals surface area (Å²) < 4.78 is 12.1. The van der Waals surface area contributed by atoms with E-state index < -0.39 is 0 Å². The van der Waals surface area contributed by atoms with Crippen LogP contribution in [-0.2, 0) is 17.7 Å². The number of rotatable bonds is 6. The number of piperidine rings is 1. The second-order valence-electron chi connectivity index (χ2n) is 10.8. The first-order chi connectivity index (χ1) is 18.7. The Hall–Kier alpha value is -3.41. The van der Waals surface area contributed by atoms with Gasteiger partial charge in [-0.2, -0.15) is 15.2 Å². The van der Waals surface area contributed by atoms with E-state index in [2.05, 4.69) is 70.3 Å². The number of hydrogen-bond acceptors (Lipinski definition) is 8. The molecule has 1 aromatic heterocycles. The van der Waals surface area contributed by atoms with E-state index in [-0.39, 0.29) is 6.10 Å². The third-order valence-corrected chi connectivity index (χ3v) is 8.07. The molecule has 0 spiro atoms. The summed E-state index contributed by atoms with van der Waals surface area (Å²) in [5, 5.41) is 11.8. The van der Waals surface area contributed by atoms with Crippen LogP contribution in [0.2, 0.25) is 0 Å². The summed E-state index contributed by atoms with van der Waals surface area (Å²) in [6.45, 7) is 6.38. The summed E-state index contributed by atoms with van der Waals surface area (Å²) in [6.07, 6.45) is 3.66. The molecule has 38 heavy (non-hydrogen) atoms. The van der Waals surface area contributed by atoms with Crippen LogP contribution in [0.5, 0.6) is 6.01 Å². The van der Waals surface area contributed by atoms with Gasteiger partial charge >= 0.3 is 6.01 Å². The summed E-state index contributed by atoms with van der Waals surface area (Å²) in [5.41, 5.74) is 3.50. The van der Waals surface area contributed by atoms with Gasteiger partial charge in [-0.15, -0.1) is 0 Å². The smallest absolute Gasteiger partial charge is 0.318 e. The fourth-order valence-electron chi connectivity index (χ4n) is 6.09. The highest BCUT2D eigenvalue weighted by Crippen LogP contribution is 2.35. The molecular weight excluding hydrogens is 476 g/mol. The average Bonchev–Trinajstić information content (AvgIpc) is 2.95. The molecule has 0 saturated carbocycles. The number of benzene rings is 2. The van der Waals surface area contributed by atoms with Gasteiger partial charge < -0.3 is 24.2 Å². The molecule has 4 heterocycles. The molecule has 0 N–H and O–H groups in total. The van der Waals surface area contributed by atoms with Crippen LogP contribution in [0.1, 0.15) is 30.5 Å². The molecule has 6 rings (SSSR count). The zero-order valence-electron chi connectivity index (χ0n) is 22.2. The van der Waals surface area contributed by atoms with Crippen LogP contribution >= 0.6 is 0 Å². The minimum atomic E-state index is 0.0130. The van der Waals surface area contributed by atoms with E-state index in [4.69, 9.17) is 19.4 Å². The zero-order chi connectivity index (χ0) is 25.9.